The van der Waals surface area contributed by atoms with Gasteiger partial charge in [-0.15, -0.1) is 0 Å². The van der Waals surface area contributed by atoms with E-state index in [1.165, 1.54) is 0 Å². The van der Waals surface area contributed by atoms with Crippen LogP contribution in [0.4, 0.5) is 11.4 Å². The number of carboxylic acids is 4. The molecule has 0 spiro atoms. The second-order valence-electron chi connectivity index (χ2n) is 14.2. The SMILES string of the molecule is O=C(O)/C=C/C(=O)Cc1ccc(C(c2ccc(CC(=O)/C=C/C(=O)O)cc2)c2ccc(C(c3ccc(NC(=O)/C=C/C(=O)O)cc3)c3ccc(NC(=O)/C=C/C(=O)O)cc3)cc2)cc1. The summed E-state index contributed by atoms with van der Waals surface area (Å²) in [5.41, 5.74) is 7.29. The van der Waals surface area contributed by atoms with Crippen molar-refractivity contribution in [2.75, 3.05) is 10.6 Å². The highest BCUT2D eigenvalue weighted by Crippen LogP contribution is 2.37. The molecule has 0 atom stereocenters. The normalized spacial score (nSPS) is 11.4. The van der Waals surface area contributed by atoms with Crippen LogP contribution in [0.15, 0.2) is 170 Å². The summed E-state index contributed by atoms with van der Waals surface area (Å²) in [4.78, 5) is 92.8. The van der Waals surface area contributed by atoms with Crippen LogP contribution in [0.3, 0.4) is 0 Å². The molecule has 0 fully saturated rings. The summed E-state index contributed by atoms with van der Waals surface area (Å²) in [6, 6.07) is 36.6. The Morgan fingerprint density at radius 3 is 0.844 bits per heavy atom. The molecule has 14 heteroatoms. The van der Waals surface area contributed by atoms with Gasteiger partial charge in [-0.25, -0.2) is 19.2 Å². The van der Waals surface area contributed by atoms with Crippen molar-refractivity contribution in [3.63, 3.8) is 0 Å². The molecular formula is C50H40N2O12. The molecule has 5 rings (SSSR count). The monoisotopic (exact) mass is 860 g/mol. The molecule has 0 aromatic heterocycles. The number of hydrogen-bond donors (Lipinski definition) is 6. The van der Waals surface area contributed by atoms with E-state index in [1.54, 1.807) is 48.5 Å². The maximum Gasteiger partial charge on any atom is 0.328 e. The number of nitrogens with one attached hydrogen (secondary N) is 2. The average Bonchev–Trinajstić information content (AvgIpc) is 3.26. The van der Waals surface area contributed by atoms with E-state index in [1.807, 2.05) is 72.8 Å². The summed E-state index contributed by atoms with van der Waals surface area (Å²) in [5.74, 6) is -7.72. The highest BCUT2D eigenvalue weighted by Gasteiger charge is 2.21. The average molecular weight is 861 g/mol. The smallest absolute Gasteiger partial charge is 0.328 e. The maximum atomic E-state index is 12.4. The fourth-order valence-corrected chi connectivity index (χ4v) is 6.72. The molecule has 0 aliphatic rings. The molecule has 0 radical (unpaired) electrons. The standard InChI is InChI=1S/C50H40N2O12/c53-41(21-25-45(57)58)29-31-1-5-33(6-2-31)49(34-7-3-32(4-8-34)30-42(54)22-26-46(59)60)35-9-11-36(12-10-35)50(37-13-17-39(18-14-37)51-43(55)23-27-47(61)62)38-15-19-40(20-16-38)52-44(56)24-28-48(63)64/h1-28,49-50H,29-30H2,(H,51,55)(H,52,56)(H,57,58)(H,59,60)(H,61,62)(H,63,64)/b25-21+,26-22+,27-23+,28-24+. The van der Waals surface area contributed by atoms with Gasteiger partial charge in [0.2, 0.25) is 11.8 Å². The number of hydrogen-bond acceptors (Lipinski definition) is 8. The summed E-state index contributed by atoms with van der Waals surface area (Å²) in [6.07, 6.45) is 6.87. The number of allylic oxidation sites excluding steroid dienone is 2. The van der Waals surface area contributed by atoms with Gasteiger partial charge in [0, 0.05) is 72.5 Å². The molecule has 14 nitrogen and oxygen atoms in total. The molecule has 64 heavy (non-hydrogen) atoms. The van der Waals surface area contributed by atoms with Crippen LogP contribution in [-0.4, -0.2) is 67.7 Å². The Kier molecular flexibility index (Phi) is 16.0. The lowest BCUT2D eigenvalue weighted by atomic mass is 9.81. The number of amides is 2. The van der Waals surface area contributed by atoms with Crippen LogP contribution in [0, 0.1) is 0 Å². The van der Waals surface area contributed by atoms with E-state index in [0.717, 1.165) is 82.0 Å². The molecule has 0 unspecified atom stereocenters. The van der Waals surface area contributed by atoms with E-state index in [4.69, 9.17) is 20.4 Å². The molecule has 6 N–H and O–H groups in total. The van der Waals surface area contributed by atoms with E-state index in [-0.39, 0.29) is 36.2 Å². The van der Waals surface area contributed by atoms with Crippen LogP contribution in [-0.2, 0) is 51.2 Å². The maximum absolute atomic E-state index is 12.4. The van der Waals surface area contributed by atoms with E-state index in [2.05, 4.69) is 10.6 Å². The zero-order valence-electron chi connectivity index (χ0n) is 33.8. The van der Waals surface area contributed by atoms with Crippen LogP contribution < -0.4 is 10.6 Å². The Hall–Kier alpha value is -8.78. The number of aliphatic carboxylic acids is 4. The van der Waals surface area contributed by atoms with E-state index in [0.29, 0.717) is 22.5 Å². The summed E-state index contributed by atoms with van der Waals surface area (Å²) in [7, 11) is 0. The second kappa shape index (κ2) is 22.2. The van der Waals surface area contributed by atoms with Crippen LogP contribution >= 0.6 is 0 Å². The third-order valence-electron chi connectivity index (χ3n) is 9.59. The number of benzene rings is 5. The van der Waals surface area contributed by atoms with Crippen molar-refractivity contribution in [2.45, 2.75) is 24.7 Å². The van der Waals surface area contributed by atoms with Gasteiger partial charge < -0.3 is 31.1 Å². The van der Waals surface area contributed by atoms with Crippen LogP contribution in [0.1, 0.15) is 56.3 Å². The number of anilines is 2. The number of carbonyl (C=O) groups is 8. The van der Waals surface area contributed by atoms with Crippen LogP contribution in [0.25, 0.3) is 0 Å². The van der Waals surface area contributed by atoms with Crippen molar-refractivity contribution >= 4 is 58.6 Å². The minimum Gasteiger partial charge on any atom is -0.478 e. The molecule has 0 saturated heterocycles. The first kappa shape index (κ1) is 46.3. The van der Waals surface area contributed by atoms with Crippen LogP contribution in [0.2, 0.25) is 0 Å². The topological polar surface area (TPSA) is 242 Å². The molecule has 0 heterocycles. The van der Waals surface area contributed by atoms with Gasteiger partial charge in [-0.2, -0.15) is 0 Å². The van der Waals surface area contributed by atoms with Crippen molar-refractivity contribution in [3.8, 4) is 0 Å². The highest BCUT2D eigenvalue weighted by molar-refractivity contribution is 6.03. The lowest BCUT2D eigenvalue weighted by Gasteiger charge is -2.23. The fraction of sp³-hybridized carbons (Fsp3) is 0.0800. The van der Waals surface area contributed by atoms with Crippen molar-refractivity contribution < 1.29 is 58.8 Å². The Labute approximate surface area is 366 Å². The third-order valence-corrected chi connectivity index (χ3v) is 9.59. The molecule has 2 amide bonds. The Bertz CT molecular complexity index is 2310. The first-order chi connectivity index (χ1) is 30.6. The lowest BCUT2D eigenvalue weighted by Crippen LogP contribution is -2.10. The molecule has 0 saturated carbocycles. The van der Waals surface area contributed by atoms with Gasteiger partial charge in [0.05, 0.1) is 0 Å². The highest BCUT2D eigenvalue weighted by atomic mass is 16.4. The number of ketones is 2. The summed E-state index contributed by atoms with van der Waals surface area (Å²) < 4.78 is 0. The fourth-order valence-electron chi connectivity index (χ4n) is 6.72. The molecule has 5 aromatic rings. The molecule has 0 bridgehead atoms. The number of rotatable bonds is 20. The van der Waals surface area contributed by atoms with Gasteiger partial charge in [0.15, 0.2) is 11.6 Å². The van der Waals surface area contributed by atoms with Gasteiger partial charge in [-0.05, 0) is 80.9 Å². The van der Waals surface area contributed by atoms with Crippen molar-refractivity contribution in [2.24, 2.45) is 0 Å². The predicted molar refractivity (Wildman–Crippen MR) is 236 cm³/mol. The molecular weight excluding hydrogens is 821 g/mol. The lowest BCUT2D eigenvalue weighted by molar-refractivity contribution is -0.132. The van der Waals surface area contributed by atoms with Crippen LogP contribution in [0.5, 0.6) is 0 Å². The predicted octanol–water partition coefficient (Wildman–Crippen LogP) is 6.71. The Morgan fingerprint density at radius 2 is 0.578 bits per heavy atom. The third kappa shape index (κ3) is 14.2. The van der Waals surface area contributed by atoms with E-state index < -0.39 is 35.7 Å². The largest absolute Gasteiger partial charge is 0.478 e. The van der Waals surface area contributed by atoms with E-state index in [9.17, 15) is 38.4 Å². The molecule has 0 aliphatic heterocycles. The zero-order chi connectivity index (χ0) is 46.2. The summed E-state index contributed by atoms with van der Waals surface area (Å²) >= 11 is 0. The first-order valence-electron chi connectivity index (χ1n) is 19.4. The second-order valence-corrected chi connectivity index (χ2v) is 14.2. The quantitative estimate of drug-likeness (QED) is 0.0354. The van der Waals surface area contributed by atoms with Crippen molar-refractivity contribution in [1.82, 2.24) is 0 Å². The minimum absolute atomic E-state index is 0.00585. The first-order valence-corrected chi connectivity index (χ1v) is 19.4. The summed E-state index contributed by atoms with van der Waals surface area (Å²) in [5, 5.41) is 40.8. The molecule has 322 valence electrons. The van der Waals surface area contributed by atoms with Crippen molar-refractivity contribution in [3.05, 3.63) is 214 Å². The summed E-state index contributed by atoms with van der Waals surface area (Å²) in [6.45, 7) is 0. The molecule has 5 aromatic carbocycles. The van der Waals surface area contributed by atoms with Gasteiger partial charge in [-0.3, -0.25) is 19.2 Å². The zero-order valence-corrected chi connectivity index (χ0v) is 33.8. The van der Waals surface area contributed by atoms with E-state index >= 15 is 0 Å². The number of carboxylic acid groups (broad SMARTS) is 4. The Balaban J connectivity index is 1.52. The van der Waals surface area contributed by atoms with Gasteiger partial charge in [0.1, 0.15) is 0 Å². The molecule has 0 aliphatic carbocycles. The van der Waals surface area contributed by atoms with Crippen molar-refractivity contribution in [1.29, 1.82) is 0 Å². The van der Waals surface area contributed by atoms with Gasteiger partial charge in [0.25, 0.3) is 0 Å². The Morgan fingerprint density at radius 1 is 0.344 bits per heavy atom. The number of carbonyl (C=O) groups excluding carboxylic acids is 4. The van der Waals surface area contributed by atoms with Gasteiger partial charge in [-0.1, -0.05) is 97.1 Å². The minimum atomic E-state index is -1.27. The van der Waals surface area contributed by atoms with Gasteiger partial charge >= 0.3 is 23.9 Å².